The Morgan fingerprint density at radius 3 is 2.68 bits per heavy atom. The van der Waals surface area contributed by atoms with Crippen molar-refractivity contribution in [1.82, 2.24) is 10.1 Å². The van der Waals surface area contributed by atoms with Crippen LogP contribution in [0, 0.1) is 6.92 Å². The molecule has 0 unspecified atom stereocenters. The summed E-state index contributed by atoms with van der Waals surface area (Å²) in [5.41, 5.74) is 2.62. The number of ether oxygens (including phenoxy) is 2. The zero-order chi connectivity index (χ0) is 24.1. The fraction of sp³-hybridized carbons (Fsp3) is 0.280. The van der Waals surface area contributed by atoms with Gasteiger partial charge < -0.3 is 19.3 Å². The van der Waals surface area contributed by atoms with Crippen molar-refractivity contribution in [2.45, 2.75) is 33.1 Å². The third-order valence-corrected chi connectivity index (χ3v) is 6.22. The number of hydrogen-bond acceptors (Lipinski definition) is 8. The lowest BCUT2D eigenvalue weighted by atomic mass is 10.1. The summed E-state index contributed by atoms with van der Waals surface area (Å²) in [6.45, 7) is 4.48. The number of esters is 1. The van der Waals surface area contributed by atoms with E-state index < -0.39 is 5.97 Å². The SMILES string of the molecule is CCCOc1c(C(=O)OC)sc2ccc(NC(=O)CCc3nc(-c4ccc(C)cc4)no3)cc12. The number of hydrogen-bond donors (Lipinski definition) is 1. The van der Waals surface area contributed by atoms with Crippen LogP contribution >= 0.6 is 11.3 Å². The normalized spacial score (nSPS) is 10.9. The second-order valence-electron chi connectivity index (χ2n) is 7.74. The van der Waals surface area contributed by atoms with E-state index in [-0.39, 0.29) is 12.3 Å². The minimum atomic E-state index is -0.442. The number of carbonyl (C=O) groups excluding carboxylic acids is 2. The zero-order valence-corrected chi connectivity index (χ0v) is 20.0. The van der Waals surface area contributed by atoms with Crippen molar-refractivity contribution in [1.29, 1.82) is 0 Å². The fourth-order valence-corrected chi connectivity index (χ4v) is 4.39. The molecule has 0 aliphatic rings. The quantitative estimate of drug-likeness (QED) is 0.320. The van der Waals surface area contributed by atoms with Crippen LogP contribution < -0.4 is 10.1 Å². The molecule has 2 heterocycles. The molecule has 4 rings (SSSR count). The lowest BCUT2D eigenvalue weighted by Crippen LogP contribution is -2.12. The second-order valence-corrected chi connectivity index (χ2v) is 8.79. The summed E-state index contributed by atoms with van der Waals surface area (Å²) < 4.78 is 16.9. The van der Waals surface area contributed by atoms with Crippen LogP contribution in [0.15, 0.2) is 47.0 Å². The number of thiophene rings is 1. The Morgan fingerprint density at radius 2 is 1.94 bits per heavy atom. The van der Waals surface area contributed by atoms with Gasteiger partial charge in [0.1, 0.15) is 0 Å². The molecule has 2 aromatic heterocycles. The number of benzene rings is 2. The van der Waals surface area contributed by atoms with E-state index in [4.69, 9.17) is 14.0 Å². The molecule has 9 heteroatoms. The third kappa shape index (κ3) is 5.26. The first-order chi connectivity index (χ1) is 16.5. The Hall–Kier alpha value is -3.72. The first-order valence-electron chi connectivity index (χ1n) is 11.0. The van der Waals surface area contributed by atoms with Gasteiger partial charge in [-0.2, -0.15) is 4.98 Å². The van der Waals surface area contributed by atoms with E-state index in [9.17, 15) is 9.59 Å². The molecule has 176 valence electrons. The van der Waals surface area contributed by atoms with Crippen molar-refractivity contribution >= 4 is 39.0 Å². The van der Waals surface area contributed by atoms with E-state index in [0.29, 0.717) is 41.1 Å². The molecule has 0 saturated heterocycles. The van der Waals surface area contributed by atoms with E-state index in [0.717, 1.165) is 27.6 Å². The van der Waals surface area contributed by atoms with Crippen LogP contribution in [0.25, 0.3) is 21.5 Å². The first-order valence-corrected chi connectivity index (χ1v) is 11.8. The number of aryl methyl sites for hydroxylation is 2. The average molecular weight is 480 g/mol. The molecule has 2 aromatic carbocycles. The second kappa shape index (κ2) is 10.5. The number of methoxy groups -OCH3 is 1. The molecule has 1 amide bonds. The zero-order valence-electron chi connectivity index (χ0n) is 19.2. The smallest absolute Gasteiger partial charge is 0.351 e. The Bertz CT molecular complexity index is 1310. The highest BCUT2D eigenvalue weighted by atomic mass is 32.1. The Morgan fingerprint density at radius 1 is 1.15 bits per heavy atom. The van der Waals surface area contributed by atoms with Crippen LogP contribution in [-0.2, 0) is 16.0 Å². The van der Waals surface area contributed by atoms with Gasteiger partial charge in [0.05, 0.1) is 13.7 Å². The third-order valence-electron chi connectivity index (χ3n) is 5.09. The van der Waals surface area contributed by atoms with Gasteiger partial charge in [-0.25, -0.2) is 4.79 Å². The number of rotatable bonds is 9. The predicted octanol–water partition coefficient (Wildman–Crippen LogP) is 5.41. The molecule has 4 aromatic rings. The molecule has 0 bridgehead atoms. The van der Waals surface area contributed by atoms with Crippen molar-refractivity contribution in [3.63, 3.8) is 0 Å². The summed E-state index contributed by atoms with van der Waals surface area (Å²) >= 11 is 1.30. The van der Waals surface area contributed by atoms with Gasteiger partial charge in [0.2, 0.25) is 17.6 Å². The van der Waals surface area contributed by atoms with E-state index >= 15 is 0 Å². The standard InChI is InChI=1S/C25H25N3O5S/c1-4-13-32-22-18-14-17(9-10-19(18)34-23(22)25(30)31-3)26-20(29)11-12-21-27-24(28-33-21)16-7-5-15(2)6-8-16/h5-10,14H,4,11-13H2,1-3H3,(H,26,29). The molecule has 34 heavy (non-hydrogen) atoms. The van der Waals surface area contributed by atoms with Gasteiger partial charge in [-0.05, 0) is 31.5 Å². The molecule has 0 aliphatic carbocycles. The number of fused-ring (bicyclic) bond motifs is 1. The summed E-state index contributed by atoms with van der Waals surface area (Å²) in [7, 11) is 1.34. The number of anilines is 1. The average Bonchev–Trinajstić information content (AvgIpc) is 3.46. The van der Waals surface area contributed by atoms with Crippen LogP contribution in [0.2, 0.25) is 0 Å². The highest BCUT2D eigenvalue weighted by Crippen LogP contribution is 2.39. The molecule has 0 spiro atoms. The molecule has 0 radical (unpaired) electrons. The van der Waals surface area contributed by atoms with E-state index in [1.54, 1.807) is 6.07 Å². The van der Waals surface area contributed by atoms with Gasteiger partial charge in [-0.15, -0.1) is 11.3 Å². The van der Waals surface area contributed by atoms with E-state index in [1.807, 2.05) is 50.2 Å². The van der Waals surface area contributed by atoms with Gasteiger partial charge in [-0.3, -0.25) is 4.79 Å². The molecule has 1 N–H and O–H groups in total. The Balaban J connectivity index is 1.43. The minimum absolute atomic E-state index is 0.184. The monoisotopic (exact) mass is 479 g/mol. The molecule has 0 aliphatic heterocycles. The molecular formula is C25H25N3O5S. The van der Waals surface area contributed by atoms with Crippen LogP contribution in [-0.4, -0.2) is 35.7 Å². The molecule has 0 saturated carbocycles. The van der Waals surface area contributed by atoms with Crippen molar-refractivity contribution in [3.8, 4) is 17.1 Å². The Labute approximate surface area is 200 Å². The summed E-state index contributed by atoms with van der Waals surface area (Å²) in [5.74, 6) is 0.756. The fourth-order valence-electron chi connectivity index (χ4n) is 3.35. The minimum Gasteiger partial charge on any atom is -0.491 e. The molecule has 0 atom stereocenters. The van der Waals surface area contributed by atoms with Crippen molar-refractivity contribution in [3.05, 3.63) is 58.8 Å². The Kier molecular flexibility index (Phi) is 7.22. The van der Waals surface area contributed by atoms with Crippen molar-refractivity contribution in [2.75, 3.05) is 19.0 Å². The number of carbonyl (C=O) groups is 2. The summed E-state index contributed by atoms with van der Waals surface area (Å²) in [4.78, 5) is 29.5. The topological polar surface area (TPSA) is 104 Å². The highest BCUT2D eigenvalue weighted by molar-refractivity contribution is 7.21. The lowest BCUT2D eigenvalue weighted by Gasteiger charge is -2.07. The van der Waals surface area contributed by atoms with Crippen LogP contribution in [0.3, 0.4) is 0 Å². The van der Waals surface area contributed by atoms with Crippen LogP contribution in [0.5, 0.6) is 5.75 Å². The summed E-state index contributed by atoms with van der Waals surface area (Å²) in [6, 6.07) is 13.3. The number of nitrogens with one attached hydrogen (secondary N) is 1. The largest absolute Gasteiger partial charge is 0.491 e. The van der Waals surface area contributed by atoms with E-state index in [1.165, 1.54) is 18.4 Å². The van der Waals surface area contributed by atoms with Crippen LogP contribution in [0.4, 0.5) is 5.69 Å². The van der Waals surface area contributed by atoms with Gasteiger partial charge in [0.15, 0.2) is 10.6 Å². The van der Waals surface area contributed by atoms with Crippen molar-refractivity contribution in [2.24, 2.45) is 0 Å². The summed E-state index contributed by atoms with van der Waals surface area (Å²) in [5, 5.41) is 7.65. The number of aromatic nitrogens is 2. The molecular weight excluding hydrogens is 454 g/mol. The maximum atomic E-state index is 12.5. The van der Waals surface area contributed by atoms with Gasteiger partial charge in [0, 0.05) is 34.2 Å². The van der Waals surface area contributed by atoms with Crippen LogP contribution in [0.1, 0.15) is 40.9 Å². The maximum absolute atomic E-state index is 12.5. The molecule has 0 fully saturated rings. The predicted molar refractivity (Wildman–Crippen MR) is 130 cm³/mol. The highest BCUT2D eigenvalue weighted by Gasteiger charge is 2.21. The van der Waals surface area contributed by atoms with E-state index in [2.05, 4.69) is 15.5 Å². The maximum Gasteiger partial charge on any atom is 0.351 e. The van der Waals surface area contributed by atoms with Gasteiger partial charge in [0.25, 0.3) is 0 Å². The lowest BCUT2D eigenvalue weighted by molar-refractivity contribution is -0.116. The van der Waals surface area contributed by atoms with Crippen molar-refractivity contribution < 1.29 is 23.6 Å². The first kappa shape index (κ1) is 23.4. The van der Waals surface area contributed by atoms with Gasteiger partial charge >= 0.3 is 5.97 Å². The molecule has 8 nitrogen and oxygen atoms in total. The van der Waals surface area contributed by atoms with Gasteiger partial charge in [-0.1, -0.05) is 41.9 Å². The summed E-state index contributed by atoms with van der Waals surface area (Å²) in [6.07, 6.45) is 1.31. The number of nitrogens with zero attached hydrogens (tertiary/aromatic N) is 2. The number of amides is 1.